The molecule has 4 heteroatoms. The Balaban J connectivity index is 1.71. The third kappa shape index (κ3) is 3.29. The molecule has 0 saturated carbocycles. The van der Waals surface area contributed by atoms with E-state index in [4.69, 9.17) is 4.74 Å². The van der Waals surface area contributed by atoms with E-state index >= 15 is 0 Å². The van der Waals surface area contributed by atoms with E-state index in [2.05, 4.69) is 40.3 Å². The smallest absolute Gasteiger partial charge is 0.0701 e. The molecule has 0 bridgehead atoms. The maximum absolute atomic E-state index is 5.68. The van der Waals surface area contributed by atoms with Gasteiger partial charge in [-0.2, -0.15) is 0 Å². The van der Waals surface area contributed by atoms with Crippen molar-refractivity contribution in [2.45, 2.75) is 32.4 Å². The molecule has 0 radical (unpaired) electrons. The second kappa shape index (κ2) is 6.15. The minimum absolute atomic E-state index is 0.475. The SMILES string of the molecule is CCC1OCCC1CNCc1ccc(Br)s1. The van der Waals surface area contributed by atoms with E-state index in [1.807, 2.05) is 0 Å². The molecule has 2 atom stereocenters. The molecule has 2 nitrogen and oxygen atoms in total. The molecule has 1 aliphatic rings. The molecule has 90 valence electrons. The topological polar surface area (TPSA) is 21.3 Å². The van der Waals surface area contributed by atoms with Gasteiger partial charge < -0.3 is 10.1 Å². The number of hydrogen-bond acceptors (Lipinski definition) is 3. The van der Waals surface area contributed by atoms with Crippen LogP contribution in [0.15, 0.2) is 15.9 Å². The van der Waals surface area contributed by atoms with Crippen molar-refractivity contribution < 1.29 is 4.74 Å². The van der Waals surface area contributed by atoms with Gasteiger partial charge in [-0.3, -0.25) is 0 Å². The summed E-state index contributed by atoms with van der Waals surface area (Å²) in [6, 6.07) is 4.28. The first-order valence-corrected chi connectivity index (χ1v) is 7.47. The highest BCUT2D eigenvalue weighted by atomic mass is 79.9. The van der Waals surface area contributed by atoms with E-state index in [9.17, 15) is 0 Å². The number of thiophene rings is 1. The lowest BCUT2D eigenvalue weighted by molar-refractivity contribution is 0.0872. The molecule has 1 saturated heterocycles. The third-order valence-electron chi connectivity index (χ3n) is 3.08. The molecule has 2 heterocycles. The highest BCUT2D eigenvalue weighted by Gasteiger charge is 2.25. The average Bonchev–Trinajstić information content (AvgIpc) is 2.87. The predicted octanol–water partition coefficient (Wildman–Crippen LogP) is 3.42. The van der Waals surface area contributed by atoms with Gasteiger partial charge in [-0.05, 0) is 46.8 Å². The van der Waals surface area contributed by atoms with Gasteiger partial charge in [0.25, 0.3) is 0 Å². The molecule has 0 amide bonds. The van der Waals surface area contributed by atoms with E-state index in [0.29, 0.717) is 12.0 Å². The average molecular weight is 304 g/mol. The Morgan fingerprint density at radius 1 is 1.56 bits per heavy atom. The first-order valence-electron chi connectivity index (χ1n) is 5.86. The van der Waals surface area contributed by atoms with Gasteiger partial charge in [0.15, 0.2) is 0 Å². The molecule has 0 spiro atoms. The van der Waals surface area contributed by atoms with Crippen molar-refractivity contribution in [2.75, 3.05) is 13.2 Å². The second-order valence-electron chi connectivity index (χ2n) is 4.20. The Labute approximate surface area is 110 Å². The van der Waals surface area contributed by atoms with Crippen LogP contribution in [-0.4, -0.2) is 19.3 Å². The third-order valence-corrected chi connectivity index (χ3v) is 4.71. The largest absolute Gasteiger partial charge is 0.378 e. The summed E-state index contributed by atoms with van der Waals surface area (Å²) in [7, 11) is 0. The Hall–Kier alpha value is 0.1000. The van der Waals surface area contributed by atoms with Crippen LogP contribution in [0.5, 0.6) is 0 Å². The summed E-state index contributed by atoms with van der Waals surface area (Å²) in [5, 5.41) is 3.53. The minimum Gasteiger partial charge on any atom is -0.378 e. The lowest BCUT2D eigenvalue weighted by atomic mass is 10.00. The van der Waals surface area contributed by atoms with Crippen LogP contribution in [-0.2, 0) is 11.3 Å². The van der Waals surface area contributed by atoms with E-state index in [1.54, 1.807) is 11.3 Å². The maximum Gasteiger partial charge on any atom is 0.0701 e. The zero-order valence-corrected chi connectivity index (χ0v) is 11.9. The summed E-state index contributed by atoms with van der Waals surface area (Å²) in [4.78, 5) is 1.39. The molecule has 1 aromatic heterocycles. The van der Waals surface area contributed by atoms with E-state index in [0.717, 1.165) is 26.1 Å². The maximum atomic E-state index is 5.68. The van der Waals surface area contributed by atoms with Crippen LogP contribution in [0.3, 0.4) is 0 Å². The Morgan fingerprint density at radius 3 is 3.12 bits per heavy atom. The van der Waals surface area contributed by atoms with Crippen molar-refractivity contribution in [1.82, 2.24) is 5.32 Å². The van der Waals surface area contributed by atoms with Crippen LogP contribution in [0.1, 0.15) is 24.6 Å². The zero-order valence-electron chi connectivity index (χ0n) is 9.54. The normalized spacial score (nSPS) is 25.1. The molecule has 2 rings (SSSR count). The number of halogens is 1. The van der Waals surface area contributed by atoms with Crippen LogP contribution < -0.4 is 5.32 Å². The highest BCUT2D eigenvalue weighted by Crippen LogP contribution is 2.24. The molecule has 0 aliphatic carbocycles. The van der Waals surface area contributed by atoms with Gasteiger partial charge in [-0.25, -0.2) is 0 Å². The second-order valence-corrected chi connectivity index (χ2v) is 6.75. The Kier molecular flexibility index (Phi) is 4.82. The molecule has 1 aliphatic heterocycles. The number of nitrogens with one attached hydrogen (secondary N) is 1. The van der Waals surface area contributed by atoms with Crippen molar-refractivity contribution >= 4 is 27.3 Å². The van der Waals surface area contributed by atoms with Crippen molar-refractivity contribution in [2.24, 2.45) is 5.92 Å². The molecule has 1 fully saturated rings. The molecule has 0 aromatic carbocycles. The van der Waals surface area contributed by atoms with E-state index in [1.165, 1.54) is 15.1 Å². The van der Waals surface area contributed by atoms with Gasteiger partial charge in [-0.1, -0.05) is 6.92 Å². The fourth-order valence-corrected chi connectivity index (χ4v) is 3.66. The van der Waals surface area contributed by atoms with Crippen LogP contribution in [0.2, 0.25) is 0 Å². The zero-order chi connectivity index (χ0) is 11.4. The van der Waals surface area contributed by atoms with Crippen LogP contribution >= 0.6 is 27.3 Å². The van der Waals surface area contributed by atoms with Gasteiger partial charge in [-0.15, -0.1) is 11.3 Å². The van der Waals surface area contributed by atoms with Crippen LogP contribution in [0, 0.1) is 5.92 Å². The van der Waals surface area contributed by atoms with Crippen LogP contribution in [0.4, 0.5) is 0 Å². The van der Waals surface area contributed by atoms with Gasteiger partial charge >= 0.3 is 0 Å². The molecule has 2 unspecified atom stereocenters. The highest BCUT2D eigenvalue weighted by molar-refractivity contribution is 9.11. The lowest BCUT2D eigenvalue weighted by Gasteiger charge is -2.16. The van der Waals surface area contributed by atoms with E-state index < -0.39 is 0 Å². The fourth-order valence-electron chi connectivity index (χ4n) is 2.20. The summed E-state index contributed by atoms with van der Waals surface area (Å²) in [6.45, 7) is 5.20. The first-order chi connectivity index (χ1) is 7.79. The molecular weight excluding hydrogens is 286 g/mol. The number of ether oxygens (including phenoxy) is 1. The van der Waals surface area contributed by atoms with Gasteiger partial charge in [0.1, 0.15) is 0 Å². The minimum atomic E-state index is 0.475. The Morgan fingerprint density at radius 2 is 2.44 bits per heavy atom. The van der Waals surface area contributed by atoms with Crippen molar-refractivity contribution in [3.63, 3.8) is 0 Å². The molecule has 1 N–H and O–H groups in total. The van der Waals surface area contributed by atoms with Gasteiger partial charge in [0.2, 0.25) is 0 Å². The van der Waals surface area contributed by atoms with Crippen molar-refractivity contribution in [3.05, 3.63) is 20.8 Å². The molecular formula is C12H18BrNOS. The summed E-state index contributed by atoms with van der Waals surface area (Å²) in [5.74, 6) is 0.702. The monoisotopic (exact) mass is 303 g/mol. The fraction of sp³-hybridized carbons (Fsp3) is 0.667. The summed E-state index contributed by atoms with van der Waals surface area (Å²) < 4.78 is 6.88. The van der Waals surface area contributed by atoms with Gasteiger partial charge in [0, 0.05) is 24.6 Å². The molecule has 1 aromatic rings. The first kappa shape index (κ1) is 12.6. The van der Waals surface area contributed by atoms with Crippen LogP contribution in [0.25, 0.3) is 0 Å². The van der Waals surface area contributed by atoms with Gasteiger partial charge in [0.05, 0.1) is 9.89 Å². The summed E-state index contributed by atoms with van der Waals surface area (Å²) in [5.41, 5.74) is 0. The van der Waals surface area contributed by atoms with E-state index in [-0.39, 0.29) is 0 Å². The molecule has 16 heavy (non-hydrogen) atoms. The van der Waals surface area contributed by atoms with Crippen molar-refractivity contribution in [1.29, 1.82) is 0 Å². The number of hydrogen-bond donors (Lipinski definition) is 1. The standard InChI is InChI=1S/C12H18BrNOS/c1-2-11-9(5-6-15-11)7-14-8-10-3-4-12(13)16-10/h3-4,9,11,14H,2,5-8H2,1H3. The lowest BCUT2D eigenvalue weighted by Crippen LogP contribution is -2.27. The Bertz CT molecular complexity index is 329. The quantitative estimate of drug-likeness (QED) is 0.900. The number of rotatable bonds is 5. The van der Waals surface area contributed by atoms with Crippen molar-refractivity contribution in [3.8, 4) is 0 Å². The summed E-state index contributed by atoms with van der Waals surface area (Å²) >= 11 is 5.28. The summed E-state index contributed by atoms with van der Waals surface area (Å²) in [6.07, 6.45) is 2.82. The predicted molar refractivity (Wildman–Crippen MR) is 71.9 cm³/mol.